The Kier molecular flexibility index (Phi) is 5.65. The highest BCUT2D eigenvalue weighted by molar-refractivity contribution is 6.10. The summed E-state index contributed by atoms with van der Waals surface area (Å²) in [5, 5.41) is 4.91. The highest BCUT2D eigenvalue weighted by atomic mass is 16.3. The zero-order valence-corrected chi connectivity index (χ0v) is 28.6. The van der Waals surface area contributed by atoms with Crippen LogP contribution in [0.1, 0.15) is 55.5 Å². The van der Waals surface area contributed by atoms with Crippen LogP contribution in [-0.4, -0.2) is 0 Å². The lowest BCUT2D eigenvalue weighted by atomic mass is 9.79. The quantitative estimate of drug-likeness (QED) is 0.193. The first-order valence-corrected chi connectivity index (χ1v) is 17.4. The van der Waals surface area contributed by atoms with Gasteiger partial charge < -0.3 is 9.32 Å². The number of para-hydroxylation sites is 2. The van der Waals surface area contributed by atoms with Crippen molar-refractivity contribution in [2.45, 2.75) is 45.4 Å². The van der Waals surface area contributed by atoms with E-state index in [0.29, 0.717) is 0 Å². The number of furan rings is 1. The van der Waals surface area contributed by atoms with Crippen LogP contribution in [0.3, 0.4) is 0 Å². The topological polar surface area (TPSA) is 16.4 Å². The Hall–Kier alpha value is -5.60. The minimum absolute atomic E-state index is 0.0793. The van der Waals surface area contributed by atoms with Crippen LogP contribution in [0.15, 0.2) is 138 Å². The molecule has 2 aliphatic carbocycles. The van der Waals surface area contributed by atoms with Gasteiger partial charge in [0.15, 0.2) is 5.58 Å². The van der Waals surface area contributed by atoms with E-state index in [1.165, 1.54) is 60.8 Å². The molecule has 7 aromatic carbocycles. The van der Waals surface area contributed by atoms with Gasteiger partial charge >= 0.3 is 0 Å². The van der Waals surface area contributed by atoms with Crippen LogP contribution in [-0.2, 0) is 10.8 Å². The van der Waals surface area contributed by atoms with Crippen LogP contribution in [0.5, 0.6) is 0 Å². The van der Waals surface area contributed by atoms with E-state index in [0.717, 1.165) is 39.0 Å². The summed E-state index contributed by atoms with van der Waals surface area (Å²) in [6.07, 6.45) is 0. The van der Waals surface area contributed by atoms with E-state index in [4.69, 9.17) is 4.42 Å². The maximum absolute atomic E-state index is 6.60. The summed E-state index contributed by atoms with van der Waals surface area (Å²) < 4.78 is 6.60. The Morgan fingerprint density at radius 1 is 0.490 bits per heavy atom. The minimum Gasteiger partial charge on any atom is -0.454 e. The molecule has 0 saturated carbocycles. The third-order valence-electron chi connectivity index (χ3n) is 11.5. The molecule has 0 saturated heterocycles. The van der Waals surface area contributed by atoms with E-state index in [9.17, 15) is 0 Å². The van der Waals surface area contributed by atoms with Crippen LogP contribution in [0.4, 0.5) is 17.1 Å². The van der Waals surface area contributed by atoms with E-state index < -0.39 is 0 Å². The molecule has 0 fully saturated rings. The molecule has 236 valence electrons. The van der Waals surface area contributed by atoms with Crippen molar-refractivity contribution < 1.29 is 4.42 Å². The van der Waals surface area contributed by atoms with Crippen LogP contribution >= 0.6 is 0 Å². The summed E-state index contributed by atoms with van der Waals surface area (Å²) in [5.74, 6) is 0. The first-order valence-electron chi connectivity index (χ1n) is 17.4. The Morgan fingerprint density at radius 2 is 1.14 bits per heavy atom. The van der Waals surface area contributed by atoms with E-state index >= 15 is 0 Å². The first-order chi connectivity index (χ1) is 23.7. The number of fused-ring (bicyclic) bond motifs is 11. The molecule has 0 N–H and O–H groups in total. The number of benzene rings is 7. The summed E-state index contributed by atoms with van der Waals surface area (Å²) >= 11 is 0. The molecule has 0 radical (unpaired) electrons. The summed E-state index contributed by atoms with van der Waals surface area (Å²) in [6.45, 7) is 11.7. The van der Waals surface area contributed by atoms with Gasteiger partial charge in [0.25, 0.3) is 0 Å². The molecule has 0 atom stereocenters. The molecule has 10 rings (SSSR count). The summed E-state index contributed by atoms with van der Waals surface area (Å²) in [6, 6.07) is 49.3. The molecule has 8 aromatic rings. The van der Waals surface area contributed by atoms with Gasteiger partial charge in [-0.3, -0.25) is 0 Å². The molecule has 49 heavy (non-hydrogen) atoms. The van der Waals surface area contributed by atoms with Gasteiger partial charge in [-0.15, -0.1) is 0 Å². The molecular weight excluding hydrogens is 595 g/mol. The Morgan fingerprint density at radius 3 is 1.98 bits per heavy atom. The predicted octanol–water partition coefficient (Wildman–Crippen LogP) is 13.1. The highest BCUT2D eigenvalue weighted by Crippen LogP contribution is 2.58. The van der Waals surface area contributed by atoms with E-state index in [1.807, 2.05) is 6.07 Å². The fourth-order valence-electron chi connectivity index (χ4n) is 8.89. The van der Waals surface area contributed by atoms with Gasteiger partial charge in [-0.25, -0.2) is 0 Å². The number of hydrogen-bond donors (Lipinski definition) is 0. The first kappa shape index (κ1) is 28.4. The third-order valence-corrected chi connectivity index (χ3v) is 11.5. The molecule has 0 spiro atoms. The lowest BCUT2D eigenvalue weighted by Crippen LogP contribution is -2.17. The summed E-state index contributed by atoms with van der Waals surface area (Å²) in [7, 11) is 0. The van der Waals surface area contributed by atoms with Gasteiger partial charge in [-0.2, -0.15) is 0 Å². The highest BCUT2D eigenvalue weighted by Gasteiger charge is 2.42. The van der Waals surface area contributed by atoms with Gasteiger partial charge in [0.05, 0.1) is 5.69 Å². The van der Waals surface area contributed by atoms with Crippen LogP contribution in [0.2, 0.25) is 0 Å². The molecule has 0 unspecified atom stereocenters. The van der Waals surface area contributed by atoms with Gasteiger partial charge in [0.1, 0.15) is 5.58 Å². The SMILES string of the molecule is Cc1ccc(N(c2ccc3c(c2)C(C)(C)c2cc4c(cc2-3)C(C)(C)c2ccc3ccccc3c2-4)c2cccc3c2oc2ccccc23)cc1. The molecule has 2 heteroatoms. The average molecular weight is 632 g/mol. The van der Waals surface area contributed by atoms with Gasteiger partial charge in [-0.1, -0.05) is 118 Å². The van der Waals surface area contributed by atoms with E-state index in [1.54, 1.807) is 0 Å². The molecule has 0 amide bonds. The monoisotopic (exact) mass is 631 g/mol. The third kappa shape index (κ3) is 3.83. The smallest absolute Gasteiger partial charge is 0.159 e. The van der Waals surface area contributed by atoms with E-state index in [2.05, 4.69) is 167 Å². The van der Waals surface area contributed by atoms with Crippen molar-refractivity contribution in [3.63, 3.8) is 0 Å². The van der Waals surface area contributed by atoms with E-state index in [-0.39, 0.29) is 10.8 Å². The minimum atomic E-state index is -0.183. The Balaban J connectivity index is 1.17. The van der Waals surface area contributed by atoms with Gasteiger partial charge in [0, 0.05) is 33.0 Å². The lowest BCUT2D eigenvalue weighted by Gasteiger charge is -2.28. The van der Waals surface area contributed by atoms with Crippen LogP contribution in [0.25, 0.3) is 55.0 Å². The molecule has 1 heterocycles. The number of hydrogen-bond acceptors (Lipinski definition) is 2. The molecule has 2 nitrogen and oxygen atoms in total. The average Bonchev–Trinajstić information content (AvgIpc) is 3.68. The predicted molar refractivity (Wildman–Crippen MR) is 206 cm³/mol. The molecule has 0 aliphatic heterocycles. The lowest BCUT2D eigenvalue weighted by molar-refractivity contribution is 0.652. The Labute approximate surface area is 287 Å². The van der Waals surface area contributed by atoms with Gasteiger partial charge in [-0.05, 0) is 111 Å². The second kappa shape index (κ2) is 9.74. The summed E-state index contributed by atoms with van der Waals surface area (Å²) in [4.78, 5) is 2.37. The maximum Gasteiger partial charge on any atom is 0.159 e. The van der Waals surface area contributed by atoms with Crippen molar-refractivity contribution in [1.29, 1.82) is 0 Å². The molecular formula is C47H37NO. The second-order valence-electron chi connectivity index (χ2n) is 15.1. The second-order valence-corrected chi connectivity index (χ2v) is 15.1. The molecule has 0 bridgehead atoms. The number of anilines is 3. The number of aryl methyl sites for hydroxylation is 1. The molecule has 1 aromatic heterocycles. The fourth-order valence-corrected chi connectivity index (χ4v) is 8.89. The molecule has 2 aliphatic rings. The number of rotatable bonds is 3. The van der Waals surface area contributed by atoms with Crippen molar-refractivity contribution in [3.8, 4) is 22.3 Å². The zero-order valence-electron chi connectivity index (χ0n) is 28.6. The maximum atomic E-state index is 6.60. The van der Waals surface area contributed by atoms with Crippen molar-refractivity contribution >= 4 is 49.8 Å². The van der Waals surface area contributed by atoms with Crippen molar-refractivity contribution in [1.82, 2.24) is 0 Å². The standard InChI is InChI=1S/C47H37NO/c1-28-17-20-30(21-18-28)48(42-15-10-14-35-34-13-8-9-16-43(34)49-45(35)42)31-22-23-33-36-26-41-37(27-40(36)47(4,5)39(33)25-31)44-32-12-7-6-11-29(32)19-24-38(44)46(41,2)3/h6-27H,1-5H3. The van der Waals surface area contributed by atoms with Crippen molar-refractivity contribution in [3.05, 3.63) is 161 Å². The Bertz CT molecular complexity index is 2670. The van der Waals surface area contributed by atoms with Gasteiger partial charge in [0.2, 0.25) is 0 Å². The van der Waals surface area contributed by atoms with Crippen LogP contribution < -0.4 is 4.90 Å². The van der Waals surface area contributed by atoms with Crippen molar-refractivity contribution in [2.75, 3.05) is 4.90 Å². The summed E-state index contributed by atoms with van der Waals surface area (Å²) in [5.41, 5.74) is 17.1. The number of nitrogens with zero attached hydrogens (tertiary/aromatic N) is 1. The van der Waals surface area contributed by atoms with Crippen LogP contribution in [0, 0.1) is 6.92 Å². The largest absolute Gasteiger partial charge is 0.454 e. The normalized spacial score (nSPS) is 15.0. The zero-order chi connectivity index (χ0) is 33.2. The van der Waals surface area contributed by atoms with Crippen molar-refractivity contribution in [2.24, 2.45) is 0 Å². The fraction of sp³-hybridized carbons (Fsp3) is 0.149.